The highest BCUT2D eigenvalue weighted by molar-refractivity contribution is 7.90. The fraction of sp³-hybridized carbons (Fsp3) is 0.370. The van der Waals surface area contributed by atoms with E-state index in [1.807, 2.05) is 50.1 Å². The molecule has 1 N–H and O–H groups in total. The zero-order chi connectivity index (χ0) is 27.6. The lowest BCUT2D eigenvalue weighted by molar-refractivity contribution is 0.0694. The Bertz CT molecular complexity index is 1720. The number of amides is 1. The van der Waals surface area contributed by atoms with Crippen LogP contribution in [0.5, 0.6) is 0 Å². The minimum atomic E-state index is -3.63. The first-order chi connectivity index (χ1) is 18.5. The van der Waals surface area contributed by atoms with Crippen LogP contribution in [0.3, 0.4) is 0 Å². The zero-order valence-electron chi connectivity index (χ0n) is 22.4. The third-order valence-corrected chi connectivity index (χ3v) is 9.69. The maximum Gasteiger partial charge on any atom is 0.256 e. The largest absolute Gasteiger partial charge is 0.331 e. The second-order valence-electron chi connectivity index (χ2n) is 10.4. The predicted octanol–water partition coefficient (Wildman–Crippen LogP) is 4.52. The van der Waals surface area contributed by atoms with Gasteiger partial charge in [0.05, 0.1) is 21.0 Å². The molecule has 0 saturated heterocycles. The molecular formula is C27H29N7O3S2. The topological polar surface area (TPSA) is 123 Å². The van der Waals surface area contributed by atoms with Gasteiger partial charge in [0.25, 0.3) is 5.91 Å². The molecule has 0 radical (unpaired) electrons. The average Bonchev–Trinajstić information content (AvgIpc) is 3.49. The van der Waals surface area contributed by atoms with Gasteiger partial charge in [-0.25, -0.2) is 23.4 Å². The van der Waals surface area contributed by atoms with Crippen LogP contribution in [-0.2, 0) is 23.4 Å². The molecule has 10 nitrogen and oxygen atoms in total. The maximum absolute atomic E-state index is 13.3. The molecule has 3 aromatic heterocycles. The van der Waals surface area contributed by atoms with Crippen molar-refractivity contribution in [3.63, 3.8) is 0 Å². The molecule has 1 atom stereocenters. The highest BCUT2D eigenvalue weighted by atomic mass is 32.2. The molecule has 1 aliphatic carbocycles. The fourth-order valence-electron chi connectivity index (χ4n) is 5.05. The molecule has 4 aromatic rings. The Morgan fingerprint density at radius 1 is 1.13 bits per heavy atom. The number of anilines is 2. The number of carbonyl (C=O) groups excluding carboxylic acids is 1. The number of aryl methyl sites for hydroxylation is 3. The Morgan fingerprint density at radius 2 is 1.90 bits per heavy atom. The number of rotatable bonds is 7. The van der Waals surface area contributed by atoms with Gasteiger partial charge >= 0.3 is 0 Å². The van der Waals surface area contributed by atoms with Crippen molar-refractivity contribution in [2.45, 2.75) is 51.1 Å². The number of hydrogen-bond donors (Lipinski definition) is 1. The van der Waals surface area contributed by atoms with Crippen LogP contribution in [0.4, 0.5) is 10.9 Å². The summed E-state index contributed by atoms with van der Waals surface area (Å²) in [6.45, 7) is 6.25. The molecule has 0 spiro atoms. The first-order valence-corrected chi connectivity index (χ1v) is 15.5. The highest BCUT2D eigenvalue weighted by Crippen LogP contribution is 2.42. The smallest absolute Gasteiger partial charge is 0.256 e. The van der Waals surface area contributed by atoms with Gasteiger partial charge in [0.1, 0.15) is 17.3 Å². The molecule has 202 valence electrons. The van der Waals surface area contributed by atoms with Gasteiger partial charge in [0.15, 0.2) is 20.8 Å². The van der Waals surface area contributed by atoms with Crippen molar-refractivity contribution in [2.75, 3.05) is 11.6 Å². The van der Waals surface area contributed by atoms with Crippen LogP contribution in [0.15, 0.2) is 35.2 Å². The summed E-state index contributed by atoms with van der Waals surface area (Å²) in [4.78, 5) is 29.9. The first-order valence-electron chi connectivity index (χ1n) is 12.8. The summed E-state index contributed by atoms with van der Waals surface area (Å²) in [5.41, 5.74) is 3.20. The van der Waals surface area contributed by atoms with Crippen LogP contribution in [0.25, 0.3) is 22.0 Å². The number of aromatic nitrogens is 5. The van der Waals surface area contributed by atoms with Crippen molar-refractivity contribution in [2.24, 2.45) is 13.0 Å². The molecule has 0 bridgehead atoms. The summed E-state index contributed by atoms with van der Waals surface area (Å²) in [6.07, 6.45) is 3.38. The molecule has 12 heteroatoms. The van der Waals surface area contributed by atoms with E-state index in [0.29, 0.717) is 40.5 Å². The van der Waals surface area contributed by atoms with E-state index in [4.69, 9.17) is 0 Å². The number of nitrogens with one attached hydrogen (secondary N) is 1. The Hall–Kier alpha value is -3.64. The lowest BCUT2D eigenvalue weighted by atomic mass is 10.0. The normalized spacial score (nSPS) is 16.0. The third-order valence-electron chi connectivity index (χ3n) is 7.45. The van der Waals surface area contributed by atoms with Crippen LogP contribution in [0.2, 0.25) is 0 Å². The second-order valence-corrected chi connectivity index (χ2v) is 13.3. The number of sulfone groups is 1. The van der Waals surface area contributed by atoms with Gasteiger partial charge in [-0.3, -0.25) is 9.48 Å². The molecule has 4 heterocycles. The summed E-state index contributed by atoms with van der Waals surface area (Å²) >= 11 is 1.41. The Labute approximate surface area is 231 Å². The number of pyridine rings is 1. The van der Waals surface area contributed by atoms with Gasteiger partial charge in [-0.05, 0) is 74.9 Å². The van der Waals surface area contributed by atoms with Crippen LogP contribution in [0.1, 0.15) is 47.2 Å². The van der Waals surface area contributed by atoms with Crippen molar-refractivity contribution in [1.29, 1.82) is 0 Å². The summed E-state index contributed by atoms with van der Waals surface area (Å²) in [7, 11) is -1.80. The van der Waals surface area contributed by atoms with E-state index in [-0.39, 0.29) is 16.8 Å². The van der Waals surface area contributed by atoms with Crippen molar-refractivity contribution in [1.82, 2.24) is 29.6 Å². The van der Waals surface area contributed by atoms with Gasteiger partial charge in [0, 0.05) is 25.9 Å². The van der Waals surface area contributed by atoms with Crippen molar-refractivity contribution >= 4 is 38.0 Å². The third kappa shape index (κ3) is 4.71. The van der Waals surface area contributed by atoms with E-state index in [1.165, 1.54) is 11.3 Å². The molecular weight excluding hydrogens is 534 g/mol. The summed E-state index contributed by atoms with van der Waals surface area (Å²) < 4.78 is 27.4. The number of hydrogen-bond acceptors (Lipinski definition) is 9. The SMILES string of the molecule is Cc1nc(Nc2cccc(-c3nc(C)n(C)n3)n2)sc1-c1cc2c(c(S(C)(=O)=O)c1)C(=O)N([C@@H](C)C1CC1)C2. The quantitative estimate of drug-likeness (QED) is 0.348. The molecule has 0 unspecified atom stereocenters. The van der Waals surface area contributed by atoms with E-state index in [9.17, 15) is 13.2 Å². The van der Waals surface area contributed by atoms with Gasteiger partial charge in [0.2, 0.25) is 0 Å². The lowest BCUT2D eigenvalue weighted by Crippen LogP contribution is -2.35. The van der Waals surface area contributed by atoms with Crippen LogP contribution >= 0.6 is 11.3 Å². The summed E-state index contributed by atoms with van der Waals surface area (Å²) in [5.74, 6) is 2.23. The molecule has 1 aromatic carbocycles. The van der Waals surface area contributed by atoms with E-state index in [2.05, 4.69) is 32.3 Å². The molecule has 1 amide bonds. The summed E-state index contributed by atoms with van der Waals surface area (Å²) in [5, 5.41) is 8.29. The monoisotopic (exact) mass is 563 g/mol. The van der Waals surface area contributed by atoms with Crippen molar-refractivity contribution in [3.8, 4) is 22.0 Å². The number of fused-ring (bicyclic) bond motifs is 1. The zero-order valence-corrected chi connectivity index (χ0v) is 24.0. The van der Waals surface area contributed by atoms with E-state index in [0.717, 1.165) is 46.6 Å². The minimum absolute atomic E-state index is 0.0836. The number of carbonyl (C=O) groups is 1. The number of thiazole rings is 1. The van der Waals surface area contributed by atoms with Gasteiger partial charge in [-0.1, -0.05) is 17.4 Å². The molecule has 6 rings (SSSR count). The highest BCUT2D eigenvalue weighted by Gasteiger charge is 2.41. The average molecular weight is 564 g/mol. The molecule has 1 aliphatic heterocycles. The van der Waals surface area contributed by atoms with Gasteiger partial charge in [-0.15, -0.1) is 5.10 Å². The predicted molar refractivity (Wildman–Crippen MR) is 150 cm³/mol. The van der Waals surface area contributed by atoms with Crippen molar-refractivity contribution < 1.29 is 13.2 Å². The Kier molecular flexibility index (Phi) is 6.07. The van der Waals surface area contributed by atoms with Crippen LogP contribution in [-0.4, -0.2) is 56.3 Å². The molecule has 39 heavy (non-hydrogen) atoms. The molecule has 2 aliphatic rings. The van der Waals surface area contributed by atoms with E-state index >= 15 is 0 Å². The summed E-state index contributed by atoms with van der Waals surface area (Å²) in [6, 6.07) is 9.23. The lowest BCUT2D eigenvalue weighted by Gasteiger charge is -2.24. The van der Waals surface area contributed by atoms with Crippen LogP contribution < -0.4 is 5.32 Å². The molecule has 1 saturated carbocycles. The van der Waals surface area contributed by atoms with E-state index in [1.54, 1.807) is 10.7 Å². The van der Waals surface area contributed by atoms with Gasteiger partial charge < -0.3 is 10.2 Å². The van der Waals surface area contributed by atoms with Gasteiger partial charge in [-0.2, -0.15) is 0 Å². The second kappa shape index (κ2) is 9.23. The van der Waals surface area contributed by atoms with Crippen molar-refractivity contribution in [3.05, 3.63) is 53.0 Å². The Morgan fingerprint density at radius 3 is 2.56 bits per heavy atom. The number of benzene rings is 1. The fourth-order valence-corrected chi connectivity index (χ4v) is 6.94. The van der Waals surface area contributed by atoms with E-state index < -0.39 is 9.84 Å². The number of nitrogens with zero attached hydrogens (tertiary/aromatic N) is 6. The molecule has 1 fully saturated rings. The minimum Gasteiger partial charge on any atom is -0.331 e. The Balaban J connectivity index is 1.33. The maximum atomic E-state index is 13.3. The standard InChI is InChI=1S/C27H29N7O3S2/c1-14-24(38-27(28-14)31-22-8-6-7-20(30-22)25-29-16(3)33(4)32-25)18-11-19-13-34(15(2)17-9-10-17)26(35)23(19)21(12-18)39(5,36)37/h6-8,11-12,15,17H,9-10,13H2,1-5H3,(H,28,30,31)/t15-/m0/s1. The van der Waals surface area contributed by atoms with Crippen LogP contribution in [0, 0.1) is 19.8 Å². The first kappa shape index (κ1) is 25.6.